The van der Waals surface area contributed by atoms with Gasteiger partial charge in [-0.25, -0.2) is 0 Å². The molecule has 1 N–H and O–H groups in total. The van der Waals surface area contributed by atoms with Gasteiger partial charge in [0.15, 0.2) is 0 Å². The van der Waals surface area contributed by atoms with Crippen LogP contribution >= 0.6 is 0 Å². The van der Waals surface area contributed by atoms with Crippen LogP contribution in [-0.2, 0) is 4.79 Å². The lowest BCUT2D eigenvalue weighted by Crippen LogP contribution is -2.46. The Morgan fingerprint density at radius 2 is 1.68 bits per heavy atom. The van der Waals surface area contributed by atoms with Crippen LogP contribution in [0.3, 0.4) is 0 Å². The summed E-state index contributed by atoms with van der Waals surface area (Å²) in [7, 11) is 0. The van der Waals surface area contributed by atoms with E-state index in [0.717, 1.165) is 30.7 Å². The highest BCUT2D eigenvalue weighted by Crippen LogP contribution is 2.34. The predicted octanol–water partition coefficient (Wildman–Crippen LogP) is 5.00. The van der Waals surface area contributed by atoms with Crippen LogP contribution in [0.5, 0.6) is 0 Å². The summed E-state index contributed by atoms with van der Waals surface area (Å²) in [5.41, 5.74) is 0.319. The Labute approximate surface area is 156 Å². The molecule has 0 spiro atoms. The second-order valence-electron chi connectivity index (χ2n) is 9.65. The first-order chi connectivity index (χ1) is 12.0. The van der Waals surface area contributed by atoms with Crippen LogP contribution in [0.15, 0.2) is 0 Å². The lowest BCUT2D eigenvalue weighted by Gasteiger charge is -2.41. The van der Waals surface area contributed by atoms with Crippen molar-refractivity contribution in [3.63, 3.8) is 0 Å². The first kappa shape index (κ1) is 20.7. The number of hydrogen-bond donors (Lipinski definition) is 1. The molecule has 2 aliphatic rings. The highest BCUT2D eigenvalue weighted by Gasteiger charge is 2.28. The average Bonchev–Trinajstić information content (AvgIpc) is 2.60. The predicted molar refractivity (Wildman–Crippen MR) is 107 cm³/mol. The van der Waals surface area contributed by atoms with Gasteiger partial charge in [0.25, 0.3) is 0 Å². The van der Waals surface area contributed by atoms with Gasteiger partial charge >= 0.3 is 0 Å². The number of carbonyl (C=O) groups excluding carboxylic acids is 1. The number of amides is 1. The van der Waals surface area contributed by atoms with Crippen LogP contribution in [0.4, 0.5) is 0 Å². The molecule has 0 aromatic rings. The molecule has 0 bridgehead atoms. The van der Waals surface area contributed by atoms with Gasteiger partial charge in [0, 0.05) is 12.1 Å². The minimum Gasteiger partial charge on any atom is -0.359 e. The third-order valence-corrected chi connectivity index (χ3v) is 6.72. The van der Waals surface area contributed by atoms with Gasteiger partial charge in [-0.2, -0.15) is 0 Å². The molecule has 2 fully saturated rings. The van der Waals surface area contributed by atoms with Crippen molar-refractivity contribution in [2.45, 2.75) is 96.9 Å². The number of nitrogens with one attached hydrogen (secondary N) is 1. The SMILES string of the molecule is CC(C)(C)N1CCC(CC(CCNC=O)CCC2CCCCC2)CC1. The van der Waals surface area contributed by atoms with Crippen LogP contribution < -0.4 is 5.32 Å². The summed E-state index contributed by atoms with van der Waals surface area (Å²) in [6, 6.07) is 0. The number of carbonyl (C=O) groups is 1. The van der Waals surface area contributed by atoms with Crippen molar-refractivity contribution < 1.29 is 4.79 Å². The Morgan fingerprint density at radius 3 is 2.28 bits per heavy atom. The van der Waals surface area contributed by atoms with Gasteiger partial charge in [0.1, 0.15) is 0 Å². The van der Waals surface area contributed by atoms with Crippen LogP contribution in [0.1, 0.15) is 91.4 Å². The second-order valence-corrected chi connectivity index (χ2v) is 9.65. The monoisotopic (exact) mass is 350 g/mol. The number of nitrogens with zero attached hydrogens (tertiary/aromatic N) is 1. The normalized spacial score (nSPS) is 22.7. The summed E-state index contributed by atoms with van der Waals surface area (Å²) < 4.78 is 0. The van der Waals surface area contributed by atoms with Crippen LogP contribution in [0, 0.1) is 17.8 Å². The minimum absolute atomic E-state index is 0.319. The van der Waals surface area contributed by atoms with Crippen molar-refractivity contribution >= 4 is 6.41 Å². The Bertz CT molecular complexity index is 363. The van der Waals surface area contributed by atoms with Gasteiger partial charge in [-0.1, -0.05) is 44.9 Å². The van der Waals surface area contributed by atoms with Gasteiger partial charge in [0.2, 0.25) is 6.41 Å². The van der Waals surface area contributed by atoms with Gasteiger partial charge in [-0.15, -0.1) is 0 Å². The van der Waals surface area contributed by atoms with E-state index in [9.17, 15) is 4.79 Å². The molecule has 0 aromatic carbocycles. The van der Waals surface area contributed by atoms with Crippen molar-refractivity contribution in [1.82, 2.24) is 10.2 Å². The first-order valence-electron chi connectivity index (χ1n) is 10.9. The summed E-state index contributed by atoms with van der Waals surface area (Å²) in [6.45, 7) is 10.4. The Balaban J connectivity index is 1.76. The average molecular weight is 351 g/mol. The maximum absolute atomic E-state index is 10.6. The fourth-order valence-electron chi connectivity index (χ4n) is 4.98. The van der Waals surface area contributed by atoms with Crippen molar-refractivity contribution in [3.8, 4) is 0 Å². The quantitative estimate of drug-likeness (QED) is 0.469. The number of likely N-dealkylation sites (tertiary alicyclic amines) is 1. The van der Waals surface area contributed by atoms with Gasteiger partial charge in [-0.3, -0.25) is 9.69 Å². The van der Waals surface area contributed by atoms with Crippen molar-refractivity contribution in [2.75, 3.05) is 19.6 Å². The molecule has 1 aliphatic heterocycles. The topological polar surface area (TPSA) is 32.3 Å². The van der Waals surface area contributed by atoms with Crippen LogP contribution in [0.25, 0.3) is 0 Å². The smallest absolute Gasteiger partial charge is 0.207 e. The number of hydrogen-bond acceptors (Lipinski definition) is 2. The molecule has 25 heavy (non-hydrogen) atoms. The molecular weight excluding hydrogens is 308 g/mol. The Morgan fingerprint density at radius 1 is 1.00 bits per heavy atom. The maximum Gasteiger partial charge on any atom is 0.207 e. The highest BCUT2D eigenvalue weighted by atomic mass is 16.1. The number of rotatable bonds is 9. The molecule has 3 nitrogen and oxygen atoms in total. The van der Waals surface area contributed by atoms with Crippen molar-refractivity contribution in [2.24, 2.45) is 17.8 Å². The van der Waals surface area contributed by atoms with Crippen molar-refractivity contribution in [3.05, 3.63) is 0 Å². The van der Waals surface area contributed by atoms with E-state index in [4.69, 9.17) is 0 Å². The molecule has 1 saturated heterocycles. The van der Waals surface area contributed by atoms with E-state index in [1.165, 1.54) is 83.7 Å². The lowest BCUT2D eigenvalue weighted by molar-refractivity contribution is -0.109. The lowest BCUT2D eigenvalue weighted by atomic mass is 9.79. The molecule has 1 atom stereocenters. The largest absolute Gasteiger partial charge is 0.359 e. The number of piperidine rings is 1. The molecule has 1 amide bonds. The zero-order valence-corrected chi connectivity index (χ0v) is 17.1. The van der Waals surface area contributed by atoms with E-state index < -0.39 is 0 Å². The van der Waals surface area contributed by atoms with Gasteiger partial charge in [0.05, 0.1) is 0 Å². The van der Waals surface area contributed by atoms with E-state index in [1.54, 1.807) is 0 Å². The van der Waals surface area contributed by atoms with Crippen LogP contribution in [-0.4, -0.2) is 36.5 Å². The van der Waals surface area contributed by atoms with E-state index in [1.807, 2.05) is 0 Å². The molecule has 1 heterocycles. The third-order valence-electron chi connectivity index (χ3n) is 6.72. The minimum atomic E-state index is 0.319. The van der Waals surface area contributed by atoms with E-state index in [0.29, 0.717) is 5.54 Å². The van der Waals surface area contributed by atoms with E-state index >= 15 is 0 Å². The van der Waals surface area contributed by atoms with Gasteiger partial charge < -0.3 is 5.32 Å². The molecular formula is C22H42N2O. The van der Waals surface area contributed by atoms with Crippen LogP contribution in [0.2, 0.25) is 0 Å². The summed E-state index contributed by atoms with van der Waals surface area (Å²) in [6.07, 6.45) is 16.2. The molecule has 1 unspecified atom stereocenters. The fourth-order valence-corrected chi connectivity index (χ4v) is 4.98. The molecule has 0 radical (unpaired) electrons. The molecule has 1 aliphatic carbocycles. The summed E-state index contributed by atoms with van der Waals surface area (Å²) in [4.78, 5) is 13.2. The zero-order valence-electron chi connectivity index (χ0n) is 17.1. The molecule has 1 saturated carbocycles. The molecule has 3 heteroatoms. The maximum atomic E-state index is 10.6. The highest BCUT2D eigenvalue weighted by molar-refractivity contribution is 5.45. The van der Waals surface area contributed by atoms with Crippen molar-refractivity contribution in [1.29, 1.82) is 0 Å². The second kappa shape index (κ2) is 10.5. The third kappa shape index (κ3) is 7.68. The van der Waals surface area contributed by atoms with E-state index in [2.05, 4.69) is 31.0 Å². The fraction of sp³-hybridized carbons (Fsp3) is 0.955. The summed E-state index contributed by atoms with van der Waals surface area (Å²) in [5.74, 6) is 2.68. The Kier molecular flexibility index (Phi) is 8.75. The molecule has 2 rings (SSSR count). The first-order valence-corrected chi connectivity index (χ1v) is 10.9. The van der Waals surface area contributed by atoms with E-state index in [-0.39, 0.29) is 0 Å². The summed E-state index contributed by atoms with van der Waals surface area (Å²) >= 11 is 0. The standard InChI is InChI=1S/C22H42N2O/c1-22(2,3)24-15-12-21(13-16-24)17-20(11-14-23-18-25)10-9-19-7-5-4-6-8-19/h18-21H,4-17H2,1-3H3,(H,23,25). The molecule has 0 aromatic heterocycles. The zero-order chi connectivity index (χ0) is 18.1. The van der Waals surface area contributed by atoms with Gasteiger partial charge in [-0.05, 0) is 77.3 Å². The Hall–Kier alpha value is -0.570. The molecule has 146 valence electrons. The summed E-state index contributed by atoms with van der Waals surface area (Å²) in [5, 5.41) is 2.89.